The van der Waals surface area contributed by atoms with E-state index in [0.29, 0.717) is 5.56 Å². The zero-order chi connectivity index (χ0) is 15.4. The molecule has 0 fully saturated rings. The molecule has 0 spiro atoms. The summed E-state index contributed by atoms with van der Waals surface area (Å²) in [4.78, 5) is 15.2. The molecular weight excluding hydrogens is 278 g/mol. The van der Waals surface area contributed by atoms with Crippen LogP contribution in [-0.2, 0) is 0 Å². The summed E-state index contributed by atoms with van der Waals surface area (Å²) in [6, 6.07) is 14.9. The topological polar surface area (TPSA) is 66.5 Å². The van der Waals surface area contributed by atoms with Crippen molar-refractivity contribution in [3.05, 3.63) is 65.9 Å². The van der Waals surface area contributed by atoms with Gasteiger partial charge in [-0.15, -0.1) is 0 Å². The summed E-state index contributed by atoms with van der Waals surface area (Å²) in [6.45, 7) is 0. The molecule has 1 amide bonds. The minimum atomic E-state index is -0.252. The van der Waals surface area contributed by atoms with E-state index < -0.39 is 0 Å². The van der Waals surface area contributed by atoms with Crippen LogP contribution in [-0.4, -0.2) is 24.2 Å². The van der Waals surface area contributed by atoms with E-state index in [9.17, 15) is 4.79 Å². The van der Waals surface area contributed by atoms with Crippen molar-refractivity contribution in [1.29, 1.82) is 0 Å². The number of benzene rings is 2. The summed E-state index contributed by atoms with van der Waals surface area (Å²) in [5.74, 6) is 0.525. The fourth-order valence-corrected chi connectivity index (χ4v) is 2.19. The van der Waals surface area contributed by atoms with Crippen molar-refractivity contribution in [2.75, 3.05) is 7.11 Å². The lowest BCUT2D eigenvalue weighted by Crippen LogP contribution is -2.17. The number of aromatic nitrogens is 1. The number of fused-ring (bicyclic) bond motifs is 1. The van der Waals surface area contributed by atoms with Gasteiger partial charge in [0, 0.05) is 11.6 Å². The van der Waals surface area contributed by atoms with E-state index in [2.05, 4.69) is 15.5 Å². The highest BCUT2D eigenvalue weighted by atomic mass is 16.5. The summed E-state index contributed by atoms with van der Waals surface area (Å²) in [7, 11) is 1.62. The molecule has 5 heteroatoms. The Kier molecular flexibility index (Phi) is 3.87. The van der Waals surface area contributed by atoms with Gasteiger partial charge in [-0.05, 0) is 42.0 Å². The Morgan fingerprint density at radius 1 is 1.18 bits per heavy atom. The molecule has 0 saturated heterocycles. The van der Waals surface area contributed by atoms with E-state index in [1.807, 2.05) is 48.7 Å². The molecule has 1 aromatic heterocycles. The van der Waals surface area contributed by atoms with Crippen LogP contribution in [0.25, 0.3) is 10.9 Å². The molecule has 110 valence electrons. The summed E-state index contributed by atoms with van der Waals surface area (Å²) >= 11 is 0. The minimum Gasteiger partial charge on any atom is -0.497 e. The first-order valence-corrected chi connectivity index (χ1v) is 6.81. The summed E-state index contributed by atoms with van der Waals surface area (Å²) in [5, 5.41) is 4.98. The van der Waals surface area contributed by atoms with Gasteiger partial charge in [-0.1, -0.05) is 12.1 Å². The zero-order valence-corrected chi connectivity index (χ0v) is 12.0. The Labute approximate surface area is 127 Å². The number of para-hydroxylation sites is 1. The number of nitrogens with one attached hydrogen (secondary N) is 2. The third kappa shape index (κ3) is 2.83. The number of methoxy groups -OCH3 is 1. The SMILES string of the molecule is COc1ccc(/C=N/NC(=O)c2cccc3cc[nH]c23)cc1. The number of hydrogen-bond acceptors (Lipinski definition) is 3. The van der Waals surface area contributed by atoms with Crippen molar-refractivity contribution in [1.82, 2.24) is 10.4 Å². The highest BCUT2D eigenvalue weighted by Gasteiger charge is 2.09. The summed E-state index contributed by atoms with van der Waals surface area (Å²) in [6.07, 6.45) is 3.40. The van der Waals surface area contributed by atoms with Gasteiger partial charge in [0.2, 0.25) is 0 Å². The molecule has 0 aliphatic rings. The predicted molar refractivity (Wildman–Crippen MR) is 86.4 cm³/mol. The number of carbonyl (C=O) groups excluding carboxylic acids is 1. The van der Waals surface area contributed by atoms with Crippen LogP contribution in [0.1, 0.15) is 15.9 Å². The van der Waals surface area contributed by atoms with Crippen LogP contribution in [0.3, 0.4) is 0 Å². The largest absolute Gasteiger partial charge is 0.497 e. The first-order chi connectivity index (χ1) is 10.8. The lowest BCUT2D eigenvalue weighted by Gasteiger charge is -2.02. The lowest BCUT2D eigenvalue weighted by atomic mass is 10.1. The quantitative estimate of drug-likeness (QED) is 0.573. The number of carbonyl (C=O) groups is 1. The lowest BCUT2D eigenvalue weighted by molar-refractivity contribution is 0.0956. The number of amides is 1. The van der Waals surface area contributed by atoms with Crippen LogP contribution < -0.4 is 10.2 Å². The number of ether oxygens (including phenoxy) is 1. The molecule has 0 aliphatic heterocycles. The van der Waals surface area contributed by atoms with Crippen molar-refractivity contribution in [3.63, 3.8) is 0 Å². The molecule has 0 bridgehead atoms. The molecule has 3 aromatic rings. The number of hydrogen-bond donors (Lipinski definition) is 2. The zero-order valence-electron chi connectivity index (χ0n) is 12.0. The standard InChI is InChI=1S/C17H15N3O2/c1-22-14-7-5-12(6-8-14)11-19-20-17(21)15-4-2-3-13-9-10-18-16(13)15/h2-11,18H,1H3,(H,20,21)/b19-11+. The highest BCUT2D eigenvalue weighted by molar-refractivity contribution is 6.05. The molecule has 2 N–H and O–H groups in total. The smallest absolute Gasteiger partial charge is 0.273 e. The Morgan fingerprint density at radius 2 is 2.00 bits per heavy atom. The first-order valence-electron chi connectivity index (χ1n) is 6.81. The van der Waals surface area contributed by atoms with E-state index in [0.717, 1.165) is 22.2 Å². The molecule has 0 saturated carbocycles. The molecular formula is C17H15N3O2. The van der Waals surface area contributed by atoms with Crippen LogP contribution in [0, 0.1) is 0 Å². The minimum absolute atomic E-state index is 0.252. The van der Waals surface area contributed by atoms with E-state index in [4.69, 9.17) is 4.74 Å². The normalized spacial score (nSPS) is 11.0. The monoisotopic (exact) mass is 293 g/mol. The molecule has 1 heterocycles. The Balaban J connectivity index is 1.71. The van der Waals surface area contributed by atoms with Gasteiger partial charge < -0.3 is 9.72 Å². The van der Waals surface area contributed by atoms with Crippen LogP contribution in [0.4, 0.5) is 0 Å². The predicted octanol–water partition coefficient (Wildman–Crippen LogP) is 2.94. The molecule has 2 aromatic carbocycles. The number of nitrogens with zero attached hydrogens (tertiary/aromatic N) is 1. The van der Waals surface area contributed by atoms with Crippen LogP contribution in [0.5, 0.6) is 5.75 Å². The summed E-state index contributed by atoms with van der Waals surface area (Å²) < 4.78 is 5.09. The summed E-state index contributed by atoms with van der Waals surface area (Å²) in [5.41, 5.74) is 4.78. The maximum atomic E-state index is 12.2. The second-order valence-corrected chi connectivity index (χ2v) is 4.72. The second kappa shape index (κ2) is 6.13. The van der Waals surface area contributed by atoms with Gasteiger partial charge in [0.15, 0.2) is 0 Å². The van der Waals surface area contributed by atoms with Crippen LogP contribution in [0.2, 0.25) is 0 Å². The van der Waals surface area contributed by atoms with E-state index in [1.54, 1.807) is 19.4 Å². The fourth-order valence-electron chi connectivity index (χ4n) is 2.19. The number of rotatable bonds is 4. The van der Waals surface area contributed by atoms with Gasteiger partial charge in [-0.3, -0.25) is 4.79 Å². The molecule has 0 atom stereocenters. The Morgan fingerprint density at radius 3 is 2.77 bits per heavy atom. The maximum absolute atomic E-state index is 12.2. The first kappa shape index (κ1) is 13.9. The number of hydrazone groups is 1. The van der Waals surface area contributed by atoms with Gasteiger partial charge in [0.25, 0.3) is 5.91 Å². The van der Waals surface area contributed by atoms with Crippen molar-refractivity contribution in [2.45, 2.75) is 0 Å². The van der Waals surface area contributed by atoms with Crippen LogP contribution in [0.15, 0.2) is 59.8 Å². The number of H-pyrrole nitrogens is 1. The molecule has 0 aliphatic carbocycles. The van der Waals surface area contributed by atoms with E-state index >= 15 is 0 Å². The van der Waals surface area contributed by atoms with Gasteiger partial charge in [-0.25, -0.2) is 5.43 Å². The molecule has 5 nitrogen and oxygen atoms in total. The van der Waals surface area contributed by atoms with E-state index in [1.165, 1.54) is 0 Å². The maximum Gasteiger partial charge on any atom is 0.273 e. The third-order valence-electron chi connectivity index (χ3n) is 3.33. The van der Waals surface area contributed by atoms with E-state index in [-0.39, 0.29) is 5.91 Å². The van der Waals surface area contributed by atoms with Gasteiger partial charge in [-0.2, -0.15) is 5.10 Å². The van der Waals surface area contributed by atoms with Gasteiger partial charge in [0.1, 0.15) is 5.75 Å². The molecule has 0 radical (unpaired) electrons. The third-order valence-corrected chi connectivity index (χ3v) is 3.33. The number of aromatic amines is 1. The Hall–Kier alpha value is -3.08. The molecule has 0 unspecified atom stereocenters. The van der Waals surface area contributed by atoms with Gasteiger partial charge in [0.05, 0.1) is 24.4 Å². The molecule has 3 rings (SSSR count). The molecule has 22 heavy (non-hydrogen) atoms. The second-order valence-electron chi connectivity index (χ2n) is 4.72. The van der Waals surface area contributed by atoms with Crippen LogP contribution >= 0.6 is 0 Å². The van der Waals surface area contributed by atoms with Gasteiger partial charge >= 0.3 is 0 Å². The van der Waals surface area contributed by atoms with Crippen molar-refractivity contribution in [2.24, 2.45) is 5.10 Å². The van der Waals surface area contributed by atoms with Crippen molar-refractivity contribution >= 4 is 23.0 Å². The fraction of sp³-hybridized carbons (Fsp3) is 0.0588. The average molecular weight is 293 g/mol. The average Bonchev–Trinajstić information content (AvgIpc) is 3.04. The van der Waals surface area contributed by atoms with Crippen molar-refractivity contribution < 1.29 is 9.53 Å². The highest BCUT2D eigenvalue weighted by Crippen LogP contribution is 2.16. The van der Waals surface area contributed by atoms with Crippen molar-refractivity contribution in [3.8, 4) is 5.75 Å². The Bertz CT molecular complexity index is 819.